The molecule has 0 aliphatic heterocycles. The van der Waals surface area contributed by atoms with Crippen LogP contribution in [0.15, 0.2) is 40.6 Å². The van der Waals surface area contributed by atoms with Crippen molar-refractivity contribution in [1.29, 1.82) is 0 Å². The van der Waals surface area contributed by atoms with Crippen LogP contribution in [0.2, 0.25) is 5.02 Å². The van der Waals surface area contributed by atoms with Crippen molar-refractivity contribution < 1.29 is 32.6 Å². The van der Waals surface area contributed by atoms with Gasteiger partial charge in [0, 0.05) is 35.8 Å². The number of ether oxygens (including phenoxy) is 2. The fourth-order valence-corrected chi connectivity index (χ4v) is 7.74. The summed E-state index contributed by atoms with van der Waals surface area (Å²) in [6.07, 6.45) is 0.00270. The molecule has 2 aromatic carbocycles. The molecule has 12 heteroatoms. The van der Waals surface area contributed by atoms with Crippen molar-refractivity contribution in [3.05, 3.63) is 58.1 Å². The number of carbonyl (C=O) groups excluding carboxylic acids is 1. The van der Waals surface area contributed by atoms with E-state index in [4.69, 9.17) is 26.2 Å². The Morgan fingerprint density at radius 3 is 2.55 bits per heavy atom. The van der Waals surface area contributed by atoms with Crippen molar-refractivity contribution in [2.75, 3.05) is 19.7 Å². The number of carbonyl (C=O) groups is 2. The number of nitrogens with zero attached hydrogens (tertiary/aromatic N) is 1. The van der Waals surface area contributed by atoms with Crippen LogP contribution < -0.4 is 10.1 Å². The Balaban J connectivity index is 1.75. The van der Waals surface area contributed by atoms with Crippen LogP contribution in [-0.4, -0.2) is 55.7 Å². The predicted molar refractivity (Wildman–Crippen MR) is 157 cm³/mol. The highest BCUT2D eigenvalue weighted by molar-refractivity contribution is 7.91. The lowest BCUT2D eigenvalue weighted by Crippen LogP contribution is -2.35. The molecule has 1 amide bonds. The van der Waals surface area contributed by atoms with Crippen LogP contribution in [0.3, 0.4) is 0 Å². The van der Waals surface area contributed by atoms with Crippen molar-refractivity contribution in [3.63, 3.8) is 0 Å². The van der Waals surface area contributed by atoms with Crippen molar-refractivity contribution >= 4 is 55.1 Å². The highest BCUT2D eigenvalue weighted by Crippen LogP contribution is 2.37. The summed E-state index contributed by atoms with van der Waals surface area (Å²) in [5, 5.41) is 13.1. The van der Waals surface area contributed by atoms with Crippen LogP contribution >= 0.6 is 22.9 Å². The number of thiophene rings is 1. The summed E-state index contributed by atoms with van der Waals surface area (Å²) in [4.78, 5) is 23.1. The molecule has 40 heavy (non-hydrogen) atoms. The molecule has 0 unspecified atom stereocenters. The number of nitrogens with one attached hydrogen (secondary N) is 1. The monoisotopic (exact) mass is 610 g/mol. The molecule has 0 aliphatic rings. The number of fused-ring (bicyclic) bond motifs is 1. The second-order valence-corrected chi connectivity index (χ2v) is 13.2. The summed E-state index contributed by atoms with van der Waals surface area (Å²) in [6, 6.07) is 10.6. The van der Waals surface area contributed by atoms with E-state index < -0.39 is 22.1 Å². The van der Waals surface area contributed by atoms with Gasteiger partial charge in [0.05, 0.1) is 6.10 Å². The number of hydrogen-bond donors (Lipinski definition) is 2. The minimum absolute atomic E-state index is 0.0587. The predicted octanol–water partition coefficient (Wildman–Crippen LogP) is 5.99. The number of hydrogen-bond acceptors (Lipinski definition) is 7. The third kappa shape index (κ3) is 8.33. The number of rotatable bonds is 14. The second kappa shape index (κ2) is 14.2. The van der Waals surface area contributed by atoms with Crippen LogP contribution in [0, 0.1) is 6.92 Å². The van der Waals surface area contributed by atoms with Gasteiger partial charge in [0.1, 0.15) is 16.6 Å². The molecule has 9 nitrogen and oxygen atoms in total. The molecule has 2 N–H and O–H groups in total. The number of alkyl carbamates (subject to hydrolysis) is 1. The number of aliphatic carboxylic acids is 1. The first-order chi connectivity index (χ1) is 18.9. The molecule has 0 atom stereocenters. The van der Waals surface area contributed by atoms with Gasteiger partial charge in [0.15, 0.2) is 0 Å². The number of benzene rings is 2. The summed E-state index contributed by atoms with van der Waals surface area (Å²) < 4.78 is 40.9. The Labute approximate surface area is 244 Å². The van der Waals surface area contributed by atoms with Gasteiger partial charge in [-0.2, -0.15) is 4.31 Å². The van der Waals surface area contributed by atoms with Crippen molar-refractivity contribution in [2.24, 2.45) is 0 Å². The average molecular weight is 611 g/mol. The summed E-state index contributed by atoms with van der Waals surface area (Å²) >= 11 is 7.37. The normalized spacial score (nSPS) is 11.8. The lowest BCUT2D eigenvalue weighted by Gasteiger charge is -2.21. The van der Waals surface area contributed by atoms with Crippen molar-refractivity contribution in [2.45, 2.75) is 63.8 Å². The van der Waals surface area contributed by atoms with Crippen LogP contribution in [0.25, 0.3) is 10.1 Å². The Hall–Kier alpha value is -2.86. The molecule has 218 valence electrons. The molecule has 0 radical (unpaired) electrons. The van der Waals surface area contributed by atoms with E-state index in [-0.39, 0.29) is 38.6 Å². The first-order valence-corrected chi connectivity index (χ1v) is 15.7. The SMILES string of the molecule is CCCN(CCOc1ccc(CCC(=O)O)c(CNC(=O)OC(C)C)c1)S(=O)(=O)c1sc2ccc(Cl)cc2c1C. The van der Waals surface area contributed by atoms with E-state index in [2.05, 4.69) is 5.32 Å². The molecule has 0 saturated heterocycles. The van der Waals surface area contributed by atoms with E-state index in [0.717, 1.165) is 15.6 Å². The van der Waals surface area contributed by atoms with Gasteiger partial charge in [-0.05, 0) is 86.0 Å². The molecule has 1 aromatic heterocycles. The van der Waals surface area contributed by atoms with Crippen molar-refractivity contribution in [1.82, 2.24) is 9.62 Å². The Morgan fingerprint density at radius 2 is 1.88 bits per heavy atom. The van der Waals surface area contributed by atoms with E-state index in [1.165, 1.54) is 15.6 Å². The van der Waals surface area contributed by atoms with Gasteiger partial charge < -0.3 is 19.9 Å². The van der Waals surface area contributed by atoms with E-state index in [0.29, 0.717) is 39.1 Å². The number of halogens is 1. The topological polar surface area (TPSA) is 122 Å². The van der Waals surface area contributed by atoms with Gasteiger partial charge in [-0.25, -0.2) is 13.2 Å². The third-order valence-corrected chi connectivity index (χ3v) is 10.1. The molecular weight excluding hydrogens is 576 g/mol. The van der Waals surface area contributed by atoms with Crippen LogP contribution in [-0.2, 0) is 32.5 Å². The molecule has 0 saturated carbocycles. The number of carboxylic acids is 1. The molecule has 3 aromatic rings. The zero-order chi connectivity index (χ0) is 29.4. The molecule has 0 spiro atoms. The van der Waals surface area contributed by atoms with E-state index >= 15 is 0 Å². The average Bonchev–Trinajstić information content (AvgIpc) is 3.22. The Morgan fingerprint density at radius 1 is 1.12 bits per heavy atom. The quantitative estimate of drug-likeness (QED) is 0.230. The number of sulfonamides is 1. The highest BCUT2D eigenvalue weighted by Gasteiger charge is 2.28. The number of amides is 1. The summed E-state index contributed by atoms with van der Waals surface area (Å²) in [5.41, 5.74) is 2.13. The summed E-state index contributed by atoms with van der Waals surface area (Å²) in [5.74, 6) is -0.442. The van der Waals surface area contributed by atoms with Crippen LogP contribution in [0.4, 0.5) is 4.79 Å². The van der Waals surface area contributed by atoms with E-state index in [1.807, 2.05) is 13.0 Å². The standard InChI is InChI=1S/C28H35ClN2O7S2/c1-5-12-31(40(35,36)27-19(4)24-16-22(29)8-10-25(24)39-27)13-14-37-23-9-6-20(7-11-26(32)33)21(15-23)17-30-28(34)38-18(2)3/h6,8-10,15-16,18H,5,7,11-14,17H2,1-4H3,(H,30,34)(H,32,33). The fraction of sp³-hybridized carbons (Fsp3) is 0.429. The number of aryl methyl sites for hydroxylation is 2. The van der Waals surface area contributed by atoms with Gasteiger partial charge in [0.25, 0.3) is 10.0 Å². The lowest BCUT2D eigenvalue weighted by molar-refractivity contribution is -0.136. The maximum Gasteiger partial charge on any atom is 0.407 e. The fourth-order valence-electron chi connectivity index (χ4n) is 4.17. The number of carboxylic acid groups (broad SMARTS) is 1. The maximum absolute atomic E-state index is 13.6. The zero-order valence-corrected chi connectivity index (χ0v) is 25.4. The molecule has 1 heterocycles. The smallest absolute Gasteiger partial charge is 0.407 e. The van der Waals surface area contributed by atoms with Gasteiger partial charge >= 0.3 is 12.1 Å². The van der Waals surface area contributed by atoms with Gasteiger partial charge in [-0.3, -0.25) is 4.79 Å². The molecule has 3 rings (SSSR count). The molecule has 0 aliphatic carbocycles. The Kier molecular flexibility index (Phi) is 11.2. The van der Waals surface area contributed by atoms with Crippen LogP contribution in [0.5, 0.6) is 5.75 Å². The first kappa shape index (κ1) is 31.7. The molecular formula is C28H35ClN2O7S2. The zero-order valence-electron chi connectivity index (χ0n) is 23.0. The van der Waals surface area contributed by atoms with Crippen molar-refractivity contribution in [3.8, 4) is 5.75 Å². The van der Waals surface area contributed by atoms with Gasteiger partial charge in [-0.1, -0.05) is 24.6 Å². The molecule has 0 bridgehead atoms. The third-order valence-electron chi connectivity index (χ3n) is 6.06. The second-order valence-electron chi connectivity index (χ2n) is 9.54. The van der Waals surface area contributed by atoms with Crippen LogP contribution in [0.1, 0.15) is 50.3 Å². The van der Waals surface area contributed by atoms with Gasteiger partial charge in [0.2, 0.25) is 0 Å². The summed E-state index contributed by atoms with van der Waals surface area (Å²) in [6.45, 7) is 7.90. The summed E-state index contributed by atoms with van der Waals surface area (Å²) in [7, 11) is -3.77. The lowest BCUT2D eigenvalue weighted by atomic mass is 10.0. The minimum Gasteiger partial charge on any atom is -0.492 e. The van der Waals surface area contributed by atoms with E-state index in [1.54, 1.807) is 51.1 Å². The van der Waals surface area contributed by atoms with Gasteiger partial charge in [-0.15, -0.1) is 11.3 Å². The Bertz CT molecular complexity index is 1450. The maximum atomic E-state index is 13.6. The van der Waals surface area contributed by atoms with E-state index in [9.17, 15) is 18.0 Å². The molecule has 0 fully saturated rings. The first-order valence-electron chi connectivity index (χ1n) is 13.0. The minimum atomic E-state index is -3.77. The largest absolute Gasteiger partial charge is 0.492 e. The highest BCUT2D eigenvalue weighted by atomic mass is 35.5.